The second-order valence-electron chi connectivity index (χ2n) is 5.05. The van der Waals surface area contributed by atoms with Crippen molar-refractivity contribution in [3.63, 3.8) is 0 Å². The number of fused-ring (bicyclic) bond motifs is 1. The van der Waals surface area contributed by atoms with Crippen LogP contribution in [0.5, 0.6) is 0 Å². The Morgan fingerprint density at radius 2 is 2.26 bits per heavy atom. The van der Waals surface area contributed by atoms with E-state index in [2.05, 4.69) is 20.3 Å². The lowest BCUT2D eigenvalue weighted by atomic mass is 10.2. The summed E-state index contributed by atoms with van der Waals surface area (Å²) in [6.45, 7) is 5.65. The number of H-pyrrole nitrogens is 1. The summed E-state index contributed by atoms with van der Waals surface area (Å²) in [7, 11) is 0. The molecule has 2 N–H and O–H groups in total. The molecule has 0 atom stereocenters. The number of ether oxygens (including phenoxy) is 1. The molecule has 2 heterocycles. The van der Waals surface area contributed by atoms with Crippen LogP contribution < -0.4 is 5.32 Å². The van der Waals surface area contributed by atoms with Gasteiger partial charge in [-0.2, -0.15) is 0 Å². The Balaban J connectivity index is 2.02. The molecular weight excluding hydrogens is 268 g/mol. The molecule has 6 nitrogen and oxygen atoms in total. The molecule has 0 saturated heterocycles. The maximum atomic E-state index is 11.5. The van der Waals surface area contributed by atoms with E-state index in [1.807, 2.05) is 0 Å². The summed E-state index contributed by atoms with van der Waals surface area (Å²) in [6, 6.07) is 0. The molecule has 102 valence electrons. The normalized spacial score (nSPS) is 11.6. The Morgan fingerprint density at radius 1 is 1.53 bits per heavy atom. The third-order valence-electron chi connectivity index (χ3n) is 2.20. The zero-order valence-electron chi connectivity index (χ0n) is 11.0. The number of carbonyl (C=O) groups is 1. The van der Waals surface area contributed by atoms with Crippen molar-refractivity contribution < 1.29 is 9.53 Å². The van der Waals surface area contributed by atoms with Gasteiger partial charge in [-0.15, -0.1) is 0 Å². The van der Waals surface area contributed by atoms with Gasteiger partial charge in [-0.3, -0.25) is 0 Å². The Morgan fingerprint density at radius 3 is 2.95 bits per heavy atom. The van der Waals surface area contributed by atoms with Gasteiger partial charge < -0.3 is 15.0 Å². The minimum Gasteiger partial charge on any atom is -0.444 e. The van der Waals surface area contributed by atoms with Gasteiger partial charge in [-0.1, -0.05) is 11.6 Å². The lowest BCUT2D eigenvalue weighted by Gasteiger charge is -2.19. The fraction of sp³-hybridized carbons (Fsp3) is 0.417. The average Bonchev–Trinajstić information content (AvgIpc) is 2.66. The number of hydrogen-bond acceptors (Lipinski definition) is 4. The number of amides is 1. The number of halogens is 1. The standard InChI is InChI=1S/C12H15ClN4O2/c1-12(2,3)19-11(18)16-5-7-4-14-10-9(17-7)8(13)6-15-10/h4,6H,5H2,1-3H3,(H,14,15)(H,16,18). The number of aromatic amines is 1. The van der Waals surface area contributed by atoms with Crippen molar-refractivity contribution >= 4 is 28.9 Å². The van der Waals surface area contributed by atoms with E-state index in [1.54, 1.807) is 33.2 Å². The van der Waals surface area contributed by atoms with Crippen LogP contribution in [0.4, 0.5) is 4.79 Å². The number of alkyl carbamates (subject to hydrolysis) is 1. The first-order valence-corrected chi connectivity index (χ1v) is 6.18. The van der Waals surface area contributed by atoms with Crippen molar-refractivity contribution in [3.8, 4) is 0 Å². The van der Waals surface area contributed by atoms with Gasteiger partial charge in [0.25, 0.3) is 0 Å². The molecule has 0 aliphatic carbocycles. The lowest BCUT2D eigenvalue weighted by Crippen LogP contribution is -2.32. The summed E-state index contributed by atoms with van der Waals surface area (Å²) in [5.74, 6) is 0. The molecule has 2 aromatic rings. The van der Waals surface area contributed by atoms with Gasteiger partial charge in [0.2, 0.25) is 0 Å². The molecule has 0 unspecified atom stereocenters. The van der Waals surface area contributed by atoms with Gasteiger partial charge in [-0.05, 0) is 20.8 Å². The molecule has 19 heavy (non-hydrogen) atoms. The molecule has 0 aliphatic heterocycles. The van der Waals surface area contributed by atoms with Gasteiger partial charge in [-0.25, -0.2) is 14.8 Å². The van der Waals surface area contributed by atoms with E-state index in [4.69, 9.17) is 16.3 Å². The van der Waals surface area contributed by atoms with Gasteiger partial charge >= 0.3 is 6.09 Å². The first-order chi connectivity index (χ1) is 8.85. The first-order valence-electron chi connectivity index (χ1n) is 5.80. The van der Waals surface area contributed by atoms with E-state index in [1.165, 1.54) is 0 Å². The molecule has 0 aliphatic rings. The summed E-state index contributed by atoms with van der Waals surface area (Å²) >= 11 is 5.95. The molecule has 1 amide bonds. The number of nitrogens with zero attached hydrogens (tertiary/aromatic N) is 2. The van der Waals surface area contributed by atoms with E-state index in [-0.39, 0.29) is 6.54 Å². The molecule has 0 aromatic carbocycles. The van der Waals surface area contributed by atoms with Crippen LogP contribution in [0.15, 0.2) is 12.4 Å². The van der Waals surface area contributed by atoms with Gasteiger partial charge in [0, 0.05) is 6.20 Å². The zero-order valence-corrected chi connectivity index (χ0v) is 11.7. The Labute approximate surface area is 115 Å². The SMILES string of the molecule is CC(C)(C)OC(=O)NCc1cnc2[nH]cc(Cl)c2n1. The zero-order chi connectivity index (χ0) is 14.0. The second kappa shape index (κ2) is 5.05. The molecule has 7 heteroatoms. The van der Waals surface area contributed by atoms with E-state index < -0.39 is 11.7 Å². The lowest BCUT2D eigenvalue weighted by molar-refractivity contribution is 0.0523. The molecule has 0 spiro atoms. The average molecular weight is 283 g/mol. The third kappa shape index (κ3) is 3.57. The van der Waals surface area contributed by atoms with Crippen molar-refractivity contribution in [2.45, 2.75) is 32.9 Å². The quantitative estimate of drug-likeness (QED) is 0.887. The van der Waals surface area contributed by atoms with Crippen LogP contribution in [-0.4, -0.2) is 26.6 Å². The molecule has 2 aromatic heterocycles. The highest BCUT2D eigenvalue weighted by molar-refractivity contribution is 6.34. The van der Waals surface area contributed by atoms with Crippen LogP contribution in [0.3, 0.4) is 0 Å². The maximum Gasteiger partial charge on any atom is 0.407 e. The van der Waals surface area contributed by atoms with Gasteiger partial charge in [0.05, 0.1) is 23.5 Å². The molecule has 0 saturated carbocycles. The van der Waals surface area contributed by atoms with Gasteiger partial charge in [0.1, 0.15) is 11.1 Å². The Kier molecular flexibility index (Phi) is 3.61. The van der Waals surface area contributed by atoms with E-state index in [9.17, 15) is 4.79 Å². The van der Waals surface area contributed by atoms with Crippen molar-refractivity contribution in [2.24, 2.45) is 0 Å². The van der Waals surface area contributed by atoms with Crippen LogP contribution in [0.25, 0.3) is 11.2 Å². The fourth-order valence-corrected chi connectivity index (χ4v) is 1.65. The predicted molar refractivity (Wildman–Crippen MR) is 72.0 cm³/mol. The van der Waals surface area contributed by atoms with Crippen molar-refractivity contribution in [1.29, 1.82) is 0 Å². The Bertz CT molecular complexity index is 603. The van der Waals surface area contributed by atoms with Crippen LogP contribution in [0, 0.1) is 0 Å². The van der Waals surface area contributed by atoms with Gasteiger partial charge in [0.15, 0.2) is 5.65 Å². The molecule has 0 fully saturated rings. The summed E-state index contributed by atoms with van der Waals surface area (Å²) in [5.41, 5.74) is 1.29. The summed E-state index contributed by atoms with van der Waals surface area (Å²) < 4.78 is 5.13. The molecule has 0 radical (unpaired) electrons. The number of carbonyl (C=O) groups excluding carboxylic acids is 1. The van der Waals surface area contributed by atoms with E-state index in [0.29, 0.717) is 21.9 Å². The summed E-state index contributed by atoms with van der Waals surface area (Å²) in [6.07, 6.45) is 2.71. The van der Waals surface area contributed by atoms with Crippen molar-refractivity contribution in [1.82, 2.24) is 20.3 Å². The molecule has 2 rings (SSSR count). The molecular formula is C12H15ClN4O2. The highest BCUT2D eigenvalue weighted by Gasteiger charge is 2.16. The fourth-order valence-electron chi connectivity index (χ4n) is 1.46. The minimum absolute atomic E-state index is 0.235. The number of nitrogens with one attached hydrogen (secondary N) is 2. The predicted octanol–water partition coefficient (Wildman–Crippen LogP) is 2.64. The van der Waals surface area contributed by atoms with E-state index >= 15 is 0 Å². The first kappa shape index (κ1) is 13.6. The largest absolute Gasteiger partial charge is 0.444 e. The highest BCUT2D eigenvalue weighted by Crippen LogP contribution is 2.18. The monoisotopic (exact) mass is 282 g/mol. The minimum atomic E-state index is -0.524. The van der Waals surface area contributed by atoms with Crippen LogP contribution >= 0.6 is 11.6 Å². The van der Waals surface area contributed by atoms with Crippen LogP contribution in [0.1, 0.15) is 26.5 Å². The Hall–Kier alpha value is -1.82. The van der Waals surface area contributed by atoms with Crippen molar-refractivity contribution in [3.05, 3.63) is 23.1 Å². The third-order valence-corrected chi connectivity index (χ3v) is 2.49. The molecule has 0 bridgehead atoms. The summed E-state index contributed by atoms with van der Waals surface area (Å²) in [4.78, 5) is 22.9. The number of hydrogen-bond donors (Lipinski definition) is 2. The van der Waals surface area contributed by atoms with E-state index in [0.717, 1.165) is 0 Å². The topological polar surface area (TPSA) is 79.9 Å². The number of aromatic nitrogens is 3. The smallest absolute Gasteiger partial charge is 0.407 e. The summed E-state index contributed by atoms with van der Waals surface area (Å²) in [5, 5.41) is 3.12. The second-order valence-corrected chi connectivity index (χ2v) is 5.46. The van der Waals surface area contributed by atoms with Crippen LogP contribution in [0.2, 0.25) is 5.02 Å². The van der Waals surface area contributed by atoms with Crippen LogP contribution in [-0.2, 0) is 11.3 Å². The highest BCUT2D eigenvalue weighted by atomic mass is 35.5. The van der Waals surface area contributed by atoms with Crippen molar-refractivity contribution in [2.75, 3.05) is 0 Å². The number of rotatable bonds is 2. The maximum absolute atomic E-state index is 11.5.